The topological polar surface area (TPSA) is 24.9 Å². The van der Waals surface area contributed by atoms with E-state index in [0.717, 1.165) is 26.0 Å². The Labute approximate surface area is 122 Å². The minimum atomic E-state index is 0.666. The van der Waals surface area contributed by atoms with Crippen molar-refractivity contribution in [2.45, 2.75) is 6.92 Å². The molecular formula is C12H9Br2ClN2. The van der Waals surface area contributed by atoms with Crippen LogP contribution in [0.2, 0.25) is 5.02 Å². The fourth-order valence-corrected chi connectivity index (χ4v) is 2.23. The van der Waals surface area contributed by atoms with E-state index in [-0.39, 0.29) is 0 Å². The van der Waals surface area contributed by atoms with Crippen molar-refractivity contribution in [1.82, 2.24) is 4.98 Å². The number of nitrogens with one attached hydrogen (secondary N) is 1. The van der Waals surface area contributed by atoms with E-state index in [9.17, 15) is 0 Å². The second-order valence-electron chi connectivity index (χ2n) is 3.52. The summed E-state index contributed by atoms with van der Waals surface area (Å²) >= 11 is 13.0. The van der Waals surface area contributed by atoms with Crippen LogP contribution in [0.25, 0.3) is 0 Å². The molecule has 0 aliphatic heterocycles. The second-order valence-corrected chi connectivity index (χ2v) is 5.51. The lowest BCUT2D eigenvalue weighted by atomic mass is 10.3. The van der Waals surface area contributed by atoms with Crippen LogP contribution in [-0.4, -0.2) is 4.98 Å². The molecule has 1 heterocycles. The second kappa shape index (κ2) is 5.38. The monoisotopic (exact) mass is 374 g/mol. The number of aryl methyl sites for hydroxylation is 1. The Morgan fingerprint density at radius 1 is 1.18 bits per heavy atom. The van der Waals surface area contributed by atoms with Gasteiger partial charge in [0.1, 0.15) is 5.82 Å². The minimum Gasteiger partial charge on any atom is -0.338 e. The van der Waals surface area contributed by atoms with E-state index in [4.69, 9.17) is 11.6 Å². The van der Waals surface area contributed by atoms with Crippen molar-refractivity contribution in [3.63, 3.8) is 0 Å². The molecule has 0 fully saturated rings. The molecule has 0 saturated heterocycles. The third-order valence-corrected chi connectivity index (χ3v) is 4.69. The standard InChI is InChI=1S/C12H9Br2ClN2/c1-7-5-6-16-12(10(7)13)17-9-4-2-3-8(15)11(9)14/h2-6H,1H3,(H,16,17). The van der Waals surface area contributed by atoms with Gasteiger partial charge in [0.15, 0.2) is 0 Å². The van der Waals surface area contributed by atoms with Crippen molar-refractivity contribution in [1.29, 1.82) is 0 Å². The molecule has 0 bridgehead atoms. The zero-order chi connectivity index (χ0) is 12.4. The van der Waals surface area contributed by atoms with Gasteiger partial charge in [-0.25, -0.2) is 4.98 Å². The molecule has 1 N–H and O–H groups in total. The molecule has 88 valence electrons. The largest absolute Gasteiger partial charge is 0.338 e. The Morgan fingerprint density at radius 2 is 1.94 bits per heavy atom. The van der Waals surface area contributed by atoms with Crippen LogP contribution >= 0.6 is 43.5 Å². The molecule has 0 aliphatic rings. The fourth-order valence-electron chi connectivity index (χ4n) is 1.36. The molecule has 0 unspecified atom stereocenters. The molecule has 2 rings (SSSR count). The summed E-state index contributed by atoms with van der Waals surface area (Å²) in [6.45, 7) is 2.02. The maximum absolute atomic E-state index is 6.03. The lowest BCUT2D eigenvalue weighted by Gasteiger charge is -2.11. The number of nitrogens with zero attached hydrogens (tertiary/aromatic N) is 1. The summed E-state index contributed by atoms with van der Waals surface area (Å²) in [5, 5.41) is 3.90. The molecule has 1 aromatic heterocycles. The maximum atomic E-state index is 6.03. The van der Waals surface area contributed by atoms with Crippen LogP contribution < -0.4 is 5.32 Å². The first-order valence-electron chi connectivity index (χ1n) is 4.91. The quantitative estimate of drug-likeness (QED) is 0.768. The van der Waals surface area contributed by atoms with Gasteiger partial charge in [-0.2, -0.15) is 0 Å². The molecule has 2 aromatic rings. The van der Waals surface area contributed by atoms with Gasteiger partial charge in [0.05, 0.1) is 19.7 Å². The van der Waals surface area contributed by atoms with E-state index in [0.29, 0.717) is 5.02 Å². The highest BCUT2D eigenvalue weighted by atomic mass is 79.9. The number of aromatic nitrogens is 1. The third-order valence-electron chi connectivity index (χ3n) is 2.29. The van der Waals surface area contributed by atoms with Gasteiger partial charge in [-0.3, -0.25) is 0 Å². The van der Waals surface area contributed by atoms with Crippen molar-refractivity contribution < 1.29 is 0 Å². The first-order chi connectivity index (χ1) is 8.09. The number of hydrogen-bond acceptors (Lipinski definition) is 2. The number of anilines is 2. The predicted molar refractivity (Wildman–Crippen MR) is 79.1 cm³/mol. The van der Waals surface area contributed by atoms with E-state index < -0.39 is 0 Å². The lowest BCUT2D eigenvalue weighted by Crippen LogP contribution is -1.96. The number of benzene rings is 1. The molecule has 0 radical (unpaired) electrons. The van der Waals surface area contributed by atoms with E-state index in [1.807, 2.05) is 31.2 Å². The number of halogens is 3. The van der Waals surface area contributed by atoms with Crippen molar-refractivity contribution in [2.75, 3.05) is 5.32 Å². The maximum Gasteiger partial charge on any atom is 0.144 e. The molecule has 2 nitrogen and oxygen atoms in total. The van der Waals surface area contributed by atoms with Gasteiger partial charge in [0.2, 0.25) is 0 Å². The third kappa shape index (κ3) is 2.81. The normalized spacial score (nSPS) is 10.4. The minimum absolute atomic E-state index is 0.666. The molecule has 0 amide bonds. The van der Waals surface area contributed by atoms with Crippen LogP contribution in [0.3, 0.4) is 0 Å². The number of pyridine rings is 1. The first-order valence-corrected chi connectivity index (χ1v) is 6.88. The lowest BCUT2D eigenvalue weighted by molar-refractivity contribution is 1.25. The molecule has 0 spiro atoms. The van der Waals surface area contributed by atoms with Crippen LogP contribution in [0.5, 0.6) is 0 Å². The van der Waals surface area contributed by atoms with Gasteiger partial charge in [-0.05, 0) is 62.5 Å². The zero-order valence-corrected chi connectivity index (χ0v) is 12.9. The average Bonchev–Trinajstić information content (AvgIpc) is 2.31. The summed E-state index contributed by atoms with van der Waals surface area (Å²) < 4.78 is 1.78. The number of rotatable bonds is 2. The van der Waals surface area contributed by atoms with Crippen molar-refractivity contribution >= 4 is 55.0 Å². The Morgan fingerprint density at radius 3 is 2.71 bits per heavy atom. The van der Waals surface area contributed by atoms with Crippen molar-refractivity contribution in [2.24, 2.45) is 0 Å². The van der Waals surface area contributed by atoms with Gasteiger partial charge in [-0.15, -0.1) is 0 Å². The summed E-state index contributed by atoms with van der Waals surface area (Å²) in [5.41, 5.74) is 2.01. The summed E-state index contributed by atoms with van der Waals surface area (Å²) in [6, 6.07) is 7.60. The van der Waals surface area contributed by atoms with Crippen LogP contribution in [0.15, 0.2) is 39.4 Å². The van der Waals surface area contributed by atoms with E-state index in [2.05, 4.69) is 42.2 Å². The summed E-state index contributed by atoms with van der Waals surface area (Å²) in [4.78, 5) is 4.28. The van der Waals surface area contributed by atoms with Gasteiger partial charge in [0, 0.05) is 6.20 Å². The Bertz CT molecular complexity index is 509. The van der Waals surface area contributed by atoms with Crippen molar-refractivity contribution in [3.8, 4) is 0 Å². The SMILES string of the molecule is Cc1ccnc(Nc2cccc(Cl)c2Br)c1Br. The zero-order valence-electron chi connectivity index (χ0n) is 8.97. The van der Waals surface area contributed by atoms with Crippen LogP contribution in [0.4, 0.5) is 11.5 Å². The molecule has 17 heavy (non-hydrogen) atoms. The van der Waals surface area contributed by atoms with Gasteiger partial charge in [-0.1, -0.05) is 17.7 Å². The number of hydrogen-bond donors (Lipinski definition) is 1. The summed E-state index contributed by atoms with van der Waals surface area (Å²) in [6.07, 6.45) is 1.76. The summed E-state index contributed by atoms with van der Waals surface area (Å²) in [7, 11) is 0. The Kier molecular flexibility index (Phi) is 4.07. The Hall–Kier alpha value is -0.580. The smallest absolute Gasteiger partial charge is 0.144 e. The van der Waals surface area contributed by atoms with E-state index in [1.165, 1.54) is 0 Å². The van der Waals surface area contributed by atoms with E-state index >= 15 is 0 Å². The average molecular weight is 376 g/mol. The molecule has 0 saturated carbocycles. The van der Waals surface area contributed by atoms with E-state index in [1.54, 1.807) is 6.20 Å². The highest BCUT2D eigenvalue weighted by molar-refractivity contribution is 9.11. The van der Waals surface area contributed by atoms with Crippen LogP contribution in [-0.2, 0) is 0 Å². The molecular weight excluding hydrogens is 367 g/mol. The fraction of sp³-hybridized carbons (Fsp3) is 0.0833. The molecule has 0 aliphatic carbocycles. The van der Waals surface area contributed by atoms with Gasteiger partial charge in [0.25, 0.3) is 0 Å². The van der Waals surface area contributed by atoms with Crippen molar-refractivity contribution in [3.05, 3.63) is 50.0 Å². The molecule has 5 heteroatoms. The molecule has 0 atom stereocenters. The van der Waals surface area contributed by atoms with Crippen LogP contribution in [0, 0.1) is 6.92 Å². The van der Waals surface area contributed by atoms with Crippen LogP contribution in [0.1, 0.15) is 5.56 Å². The van der Waals surface area contributed by atoms with Gasteiger partial charge < -0.3 is 5.32 Å². The molecule has 1 aromatic carbocycles. The summed E-state index contributed by atoms with van der Waals surface area (Å²) in [5.74, 6) is 0.771. The highest BCUT2D eigenvalue weighted by Crippen LogP contribution is 2.34. The first kappa shape index (κ1) is 12.9. The highest BCUT2D eigenvalue weighted by Gasteiger charge is 2.08. The van der Waals surface area contributed by atoms with Gasteiger partial charge >= 0.3 is 0 Å². The Balaban J connectivity index is 2.38. The predicted octanol–water partition coefficient (Wildman–Crippen LogP) is 5.31.